The van der Waals surface area contributed by atoms with E-state index in [1.54, 1.807) is 11.8 Å². The Hall–Kier alpha value is -1.84. The smallest absolute Gasteiger partial charge is 0.325 e. The van der Waals surface area contributed by atoms with Crippen LogP contribution in [0.1, 0.15) is 48.2 Å². The lowest BCUT2D eigenvalue weighted by atomic mass is 10.1. The third-order valence-electron chi connectivity index (χ3n) is 3.75. The number of carbonyl (C=O) groups excluding carboxylic acids is 2. The molecule has 4 nitrogen and oxygen atoms in total. The van der Waals surface area contributed by atoms with Gasteiger partial charge < -0.3 is 9.64 Å². The van der Waals surface area contributed by atoms with Crippen molar-refractivity contribution < 1.29 is 14.3 Å². The van der Waals surface area contributed by atoms with Gasteiger partial charge in [0.2, 0.25) is 0 Å². The largest absolute Gasteiger partial charge is 0.465 e. The molecule has 0 saturated carbocycles. The Kier molecular flexibility index (Phi) is 5.37. The van der Waals surface area contributed by atoms with Gasteiger partial charge in [0.25, 0.3) is 5.91 Å². The summed E-state index contributed by atoms with van der Waals surface area (Å²) >= 11 is 0. The van der Waals surface area contributed by atoms with Gasteiger partial charge in [0.05, 0.1) is 6.61 Å². The maximum atomic E-state index is 12.6. The SMILES string of the molecule is CCCN(CC(=O)OCC)C(=O)c1ccc2c(c1)CCC2. The molecular weight excluding hydrogens is 266 g/mol. The fourth-order valence-corrected chi connectivity index (χ4v) is 2.77. The molecule has 114 valence electrons. The molecule has 4 heteroatoms. The summed E-state index contributed by atoms with van der Waals surface area (Å²) in [7, 11) is 0. The van der Waals surface area contributed by atoms with Crippen molar-refractivity contribution >= 4 is 11.9 Å². The van der Waals surface area contributed by atoms with E-state index in [1.165, 1.54) is 11.1 Å². The minimum atomic E-state index is -0.347. The summed E-state index contributed by atoms with van der Waals surface area (Å²) in [6.45, 7) is 4.69. The zero-order chi connectivity index (χ0) is 15.2. The molecule has 21 heavy (non-hydrogen) atoms. The summed E-state index contributed by atoms with van der Waals surface area (Å²) < 4.78 is 4.95. The molecule has 2 rings (SSSR count). The number of esters is 1. The summed E-state index contributed by atoms with van der Waals surface area (Å²) in [5.74, 6) is -0.430. The van der Waals surface area contributed by atoms with Crippen LogP contribution in [0.5, 0.6) is 0 Å². The maximum absolute atomic E-state index is 12.6. The number of carbonyl (C=O) groups is 2. The number of ether oxygens (including phenoxy) is 1. The number of rotatable bonds is 6. The Bertz CT molecular complexity index is 525. The molecule has 0 N–H and O–H groups in total. The molecule has 0 saturated heterocycles. The number of nitrogens with zero attached hydrogens (tertiary/aromatic N) is 1. The first kappa shape index (κ1) is 15.5. The van der Waals surface area contributed by atoms with Crippen LogP contribution in [0.3, 0.4) is 0 Å². The van der Waals surface area contributed by atoms with Gasteiger partial charge in [-0.15, -0.1) is 0 Å². The molecule has 0 spiro atoms. The third-order valence-corrected chi connectivity index (χ3v) is 3.75. The second-order valence-corrected chi connectivity index (χ2v) is 5.37. The highest BCUT2D eigenvalue weighted by atomic mass is 16.5. The van der Waals surface area contributed by atoms with Crippen molar-refractivity contribution in [3.8, 4) is 0 Å². The average molecular weight is 289 g/mol. The van der Waals surface area contributed by atoms with E-state index in [0.29, 0.717) is 18.7 Å². The number of hydrogen-bond acceptors (Lipinski definition) is 3. The second-order valence-electron chi connectivity index (χ2n) is 5.37. The standard InChI is InChI=1S/C17H23NO3/c1-3-10-18(12-16(19)21-4-2)17(20)15-9-8-13-6-5-7-14(13)11-15/h8-9,11H,3-7,10,12H2,1-2H3. The van der Waals surface area contributed by atoms with Crippen LogP contribution < -0.4 is 0 Å². The van der Waals surface area contributed by atoms with Gasteiger partial charge in [-0.05, 0) is 55.9 Å². The van der Waals surface area contributed by atoms with Crippen LogP contribution in [0.4, 0.5) is 0 Å². The molecule has 0 heterocycles. The molecule has 1 aliphatic carbocycles. The Morgan fingerprint density at radius 2 is 1.95 bits per heavy atom. The zero-order valence-electron chi connectivity index (χ0n) is 12.9. The van der Waals surface area contributed by atoms with E-state index < -0.39 is 0 Å². The van der Waals surface area contributed by atoms with E-state index in [0.717, 1.165) is 25.7 Å². The van der Waals surface area contributed by atoms with Crippen LogP contribution >= 0.6 is 0 Å². The number of aryl methyl sites for hydroxylation is 2. The quantitative estimate of drug-likeness (QED) is 0.756. The van der Waals surface area contributed by atoms with Crippen LogP contribution in [0.15, 0.2) is 18.2 Å². The maximum Gasteiger partial charge on any atom is 0.325 e. The first-order valence-electron chi connectivity index (χ1n) is 7.72. The topological polar surface area (TPSA) is 46.6 Å². The molecule has 1 aliphatic rings. The average Bonchev–Trinajstić information content (AvgIpc) is 2.93. The van der Waals surface area contributed by atoms with Crippen molar-refractivity contribution in [2.45, 2.75) is 39.5 Å². The normalized spacial score (nSPS) is 12.9. The van der Waals surface area contributed by atoms with Gasteiger partial charge in [-0.3, -0.25) is 9.59 Å². The van der Waals surface area contributed by atoms with E-state index in [2.05, 4.69) is 0 Å². The van der Waals surface area contributed by atoms with E-state index in [-0.39, 0.29) is 18.4 Å². The second kappa shape index (κ2) is 7.25. The van der Waals surface area contributed by atoms with Crippen LogP contribution in [-0.4, -0.2) is 36.5 Å². The molecule has 0 radical (unpaired) electrons. The van der Waals surface area contributed by atoms with Crippen LogP contribution in [-0.2, 0) is 22.4 Å². The molecule has 0 bridgehead atoms. The summed E-state index contributed by atoms with van der Waals surface area (Å²) in [5, 5.41) is 0. The molecule has 1 aromatic rings. The highest BCUT2D eigenvalue weighted by Gasteiger charge is 2.20. The highest BCUT2D eigenvalue weighted by molar-refractivity contribution is 5.96. The van der Waals surface area contributed by atoms with E-state index in [9.17, 15) is 9.59 Å². The van der Waals surface area contributed by atoms with Crippen molar-refractivity contribution in [1.29, 1.82) is 0 Å². The van der Waals surface area contributed by atoms with Crippen molar-refractivity contribution in [2.24, 2.45) is 0 Å². The minimum Gasteiger partial charge on any atom is -0.465 e. The Morgan fingerprint density at radius 3 is 2.67 bits per heavy atom. The number of fused-ring (bicyclic) bond motifs is 1. The summed E-state index contributed by atoms with van der Waals surface area (Å²) in [4.78, 5) is 25.8. The van der Waals surface area contributed by atoms with Gasteiger partial charge in [0, 0.05) is 12.1 Å². The zero-order valence-corrected chi connectivity index (χ0v) is 12.9. The first-order chi connectivity index (χ1) is 10.2. The van der Waals surface area contributed by atoms with Crippen molar-refractivity contribution in [3.05, 3.63) is 34.9 Å². The molecule has 0 unspecified atom stereocenters. The fraction of sp³-hybridized carbons (Fsp3) is 0.529. The first-order valence-corrected chi connectivity index (χ1v) is 7.72. The van der Waals surface area contributed by atoms with Crippen molar-refractivity contribution in [2.75, 3.05) is 19.7 Å². The van der Waals surface area contributed by atoms with Gasteiger partial charge in [-0.25, -0.2) is 0 Å². The van der Waals surface area contributed by atoms with Crippen molar-refractivity contribution in [3.63, 3.8) is 0 Å². The van der Waals surface area contributed by atoms with Gasteiger partial charge in [0.1, 0.15) is 6.54 Å². The molecule has 0 aromatic heterocycles. The lowest BCUT2D eigenvalue weighted by Gasteiger charge is -2.21. The van der Waals surface area contributed by atoms with Gasteiger partial charge in [-0.2, -0.15) is 0 Å². The monoisotopic (exact) mass is 289 g/mol. The lowest BCUT2D eigenvalue weighted by Crippen LogP contribution is -2.37. The van der Waals surface area contributed by atoms with E-state index in [1.807, 2.05) is 25.1 Å². The Balaban J connectivity index is 2.12. The predicted molar refractivity (Wildman–Crippen MR) is 81.3 cm³/mol. The minimum absolute atomic E-state index is 0.0254. The van der Waals surface area contributed by atoms with Crippen LogP contribution in [0.25, 0.3) is 0 Å². The molecule has 1 amide bonds. The lowest BCUT2D eigenvalue weighted by molar-refractivity contribution is -0.143. The van der Waals surface area contributed by atoms with E-state index in [4.69, 9.17) is 4.74 Å². The molecular formula is C17H23NO3. The van der Waals surface area contributed by atoms with Crippen LogP contribution in [0, 0.1) is 0 Å². The van der Waals surface area contributed by atoms with Crippen molar-refractivity contribution in [1.82, 2.24) is 4.90 Å². The molecule has 0 atom stereocenters. The van der Waals surface area contributed by atoms with Gasteiger partial charge >= 0.3 is 5.97 Å². The predicted octanol–water partition coefficient (Wildman–Crippen LogP) is 2.59. The number of amides is 1. The molecule has 1 aromatic carbocycles. The molecule has 0 aliphatic heterocycles. The Labute approximate surface area is 126 Å². The summed E-state index contributed by atoms with van der Waals surface area (Å²) in [6, 6.07) is 5.91. The van der Waals surface area contributed by atoms with E-state index >= 15 is 0 Å². The fourth-order valence-electron chi connectivity index (χ4n) is 2.77. The summed E-state index contributed by atoms with van der Waals surface area (Å²) in [6.07, 6.45) is 4.12. The summed E-state index contributed by atoms with van der Waals surface area (Å²) in [5.41, 5.74) is 3.29. The number of hydrogen-bond donors (Lipinski definition) is 0. The van der Waals surface area contributed by atoms with Crippen LogP contribution in [0.2, 0.25) is 0 Å². The highest BCUT2D eigenvalue weighted by Crippen LogP contribution is 2.23. The molecule has 0 fully saturated rings. The third kappa shape index (κ3) is 3.84. The van der Waals surface area contributed by atoms with Gasteiger partial charge in [-0.1, -0.05) is 13.0 Å². The Morgan fingerprint density at radius 1 is 1.19 bits per heavy atom. The van der Waals surface area contributed by atoms with Gasteiger partial charge in [0.15, 0.2) is 0 Å². The number of benzene rings is 1.